The molecule has 0 spiro atoms. The lowest BCUT2D eigenvalue weighted by Crippen LogP contribution is -2.29. The molecule has 110 valence electrons. The average Bonchev–Trinajstić information content (AvgIpc) is 2.44. The number of nitrogens with one attached hydrogen (secondary N) is 1. The number of ether oxygens (including phenoxy) is 1. The summed E-state index contributed by atoms with van der Waals surface area (Å²) in [6.45, 7) is -0.160. The number of benzene rings is 1. The molecule has 2 N–H and O–H groups in total. The highest BCUT2D eigenvalue weighted by atomic mass is 19.1. The van der Waals surface area contributed by atoms with Gasteiger partial charge in [-0.15, -0.1) is 0 Å². The fraction of sp³-hybridized carbons (Fsp3) is 0.214. The number of hydrogen-bond acceptors (Lipinski definition) is 4. The predicted molar refractivity (Wildman–Crippen MR) is 71.8 cm³/mol. The molecule has 0 atom stereocenters. The number of aliphatic carboxylic acids is 1. The van der Waals surface area contributed by atoms with Crippen molar-refractivity contribution < 1.29 is 23.8 Å². The van der Waals surface area contributed by atoms with Gasteiger partial charge in [0, 0.05) is 12.6 Å². The third kappa shape index (κ3) is 6.20. The van der Waals surface area contributed by atoms with Crippen molar-refractivity contribution in [1.29, 1.82) is 5.26 Å². The highest BCUT2D eigenvalue weighted by Gasteiger charge is 2.07. The van der Waals surface area contributed by atoms with E-state index in [1.807, 2.05) is 6.07 Å². The number of carboxylic acids is 1. The van der Waals surface area contributed by atoms with Crippen LogP contribution < -0.4 is 10.1 Å². The molecule has 21 heavy (non-hydrogen) atoms. The van der Waals surface area contributed by atoms with Crippen LogP contribution in [0.3, 0.4) is 0 Å². The summed E-state index contributed by atoms with van der Waals surface area (Å²) in [5.41, 5.74) is 0.362. The lowest BCUT2D eigenvalue weighted by Gasteiger charge is -2.07. The van der Waals surface area contributed by atoms with Crippen LogP contribution in [0, 0.1) is 17.1 Å². The summed E-state index contributed by atoms with van der Waals surface area (Å²) in [5.74, 6) is -2.41. The van der Waals surface area contributed by atoms with Gasteiger partial charge in [0.25, 0.3) is 5.91 Å². The van der Waals surface area contributed by atoms with Gasteiger partial charge in [-0.25, -0.2) is 9.18 Å². The number of hydrogen-bond donors (Lipinski definition) is 2. The van der Waals surface area contributed by atoms with Crippen molar-refractivity contribution in [3.05, 3.63) is 35.7 Å². The van der Waals surface area contributed by atoms with Crippen molar-refractivity contribution in [2.45, 2.75) is 6.42 Å². The Morgan fingerprint density at radius 2 is 2.24 bits per heavy atom. The Labute approximate surface area is 120 Å². The number of nitrogens with zero attached hydrogens (tertiary/aromatic N) is 1. The Morgan fingerprint density at radius 1 is 1.48 bits per heavy atom. The van der Waals surface area contributed by atoms with E-state index >= 15 is 0 Å². The van der Waals surface area contributed by atoms with E-state index in [4.69, 9.17) is 15.1 Å². The molecule has 0 saturated carbocycles. The van der Waals surface area contributed by atoms with Crippen molar-refractivity contribution in [3.63, 3.8) is 0 Å². The summed E-state index contributed by atoms with van der Waals surface area (Å²) in [5, 5.41) is 19.2. The van der Waals surface area contributed by atoms with Gasteiger partial charge in [-0.2, -0.15) is 5.26 Å². The zero-order valence-corrected chi connectivity index (χ0v) is 11.0. The van der Waals surface area contributed by atoms with Crippen LogP contribution in [-0.4, -0.2) is 30.1 Å². The van der Waals surface area contributed by atoms with Crippen molar-refractivity contribution in [1.82, 2.24) is 5.32 Å². The first-order valence-electron chi connectivity index (χ1n) is 6.00. The van der Waals surface area contributed by atoms with Crippen molar-refractivity contribution in [3.8, 4) is 11.8 Å². The number of halogens is 1. The van der Waals surface area contributed by atoms with Gasteiger partial charge in [-0.3, -0.25) is 4.79 Å². The van der Waals surface area contributed by atoms with E-state index in [1.165, 1.54) is 18.2 Å². The molecular formula is C14H13FN2O4. The largest absolute Gasteiger partial charge is 0.481 e. The molecule has 0 unspecified atom stereocenters. The molecule has 0 aromatic heterocycles. The van der Waals surface area contributed by atoms with Gasteiger partial charge in [0.05, 0.1) is 12.5 Å². The zero-order chi connectivity index (χ0) is 15.7. The van der Waals surface area contributed by atoms with Crippen molar-refractivity contribution >= 4 is 18.0 Å². The predicted octanol–water partition coefficient (Wildman–Crippen LogP) is 1.33. The summed E-state index contributed by atoms with van der Waals surface area (Å²) in [4.78, 5) is 21.6. The Kier molecular flexibility index (Phi) is 6.41. The molecule has 0 radical (unpaired) electrons. The summed E-state index contributed by atoms with van der Waals surface area (Å²) >= 11 is 0. The summed E-state index contributed by atoms with van der Waals surface area (Å²) in [6, 6.07) is 5.74. The molecule has 0 bridgehead atoms. The van der Waals surface area contributed by atoms with Crippen LogP contribution in [0.1, 0.15) is 12.0 Å². The molecule has 1 aromatic rings. The fourth-order valence-electron chi connectivity index (χ4n) is 1.36. The lowest BCUT2D eigenvalue weighted by molar-refractivity contribution is -0.131. The van der Waals surface area contributed by atoms with Gasteiger partial charge in [0.1, 0.15) is 0 Å². The van der Waals surface area contributed by atoms with E-state index in [9.17, 15) is 14.0 Å². The quantitative estimate of drug-likeness (QED) is 0.583. The monoisotopic (exact) mass is 292 g/mol. The molecule has 0 aliphatic rings. The number of carbonyl (C=O) groups excluding carboxylic acids is 1. The highest BCUT2D eigenvalue weighted by molar-refractivity contribution is 5.85. The molecule has 7 heteroatoms. The van der Waals surface area contributed by atoms with Gasteiger partial charge < -0.3 is 15.2 Å². The minimum atomic E-state index is -1.13. The second-order valence-corrected chi connectivity index (χ2v) is 3.91. The minimum absolute atomic E-state index is 0.113. The standard InChI is InChI=1S/C14H13FN2O4/c15-11-8-10(3-5-14(19)20)2-4-12(11)21-9-13(18)17-7-1-6-16/h2-5,8H,1,7,9H2,(H,17,18)(H,19,20)/b5-3+. The molecule has 0 heterocycles. The topological polar surface area (TPSA) is 99.4 Å². The van der Waals surface area contributed by atoms with Gasteiger partial charge in [0.2, 0.25) is 0 Å². The van der Waals surface area contributed by atoms with Crippen LogP contribution in [0.5, 0.6) is 5.75 Å². The molecule has 1 aromatic carbocycles. The van der Waals surface area contributed by atoms with E-state index < -0.39 is 17.7 Å². The van der Waals surface area contributed by atoms with E-state index in [0.29, 0.717) is 5.56 Å². The first kappa shape index (κ1) is 16.2. The third-order valence-electron chi connectivity index (χ3n) is 2.29. The van der Waals surface area contributed by atoms with E-state index in [1.54, 1.807) is 0 Å². The van der Waals surface area contributed by atoms with Crippen LogP contribution in [0.15, 0.2) is 24.3 Å². The van der Waals surface area contributed by atoms with Gasteiger partial charge in [0.15, 0.2) is 18.2 Å². The molecular weight excluding hydrogens is 279 g/mol. The van der Waals surface area contributed by atoms with Crippen LogP contribution in [0.25, 0.3) is 6.08 Å². The molecule has 0 fully saturated rings. The molecule has 0 aliphatic heterocycles. The minimum Gasteiger partial charge on any atom is -0.481 e. The van der Waals surface area contributed by atoms with Crippen LogP contribution in [0.2, 0.25) is 0 Å². The maximum absolute atomic E-state index is 13.7. The normalized spacial score (nSPS) is 10.1. The van der Waals surface area contributed by atoms with E-state index in [-0.39, 0.29) is 25.3 Å². The summed E-state index contributed by atoms with van der Waals surface area (Å²) < 4.78 is 18.6. The van der Waals surface area contributed by atoms with Crippen LogP contribution in [-0.2, 0) is 9.59 Å². The summed E-state index contributed by atoms with van der Waals surface area (Å²) in [7, 11) is 0. The molecule has 6 nitrogen and oxygen atoms in total. The second kappa shape index (κ2) is 8.32. The summed E-state index contributed by atoms with van der Waals surface area (Å²) in [6.07, 6.45) is 2.31. The number of rotatable bonds is 7. The number of carboxylic acid groups (broad SMARTS) is 1. The average molecular weight is 292 g/mol. The zero-order valence-electron chi connectivity index (χ0n) is 11.0. The number of carbonyl (C=O) groups is 2. The highest BCUT2D eigenvalue weighted by Crippen LogP contribution is 2.19. The maximum Gasteiger partial charge on any atom is 0.328 e. The SMILES string of the molecule is N#CCCNC(=O)COc1ccc(/C=C/C(=O)O)cc1F. The van der Waals surface area contributed by atoms with Crippen molar-refractivity contribution in [2.24, 2.45) is 0 Å². The smallest absolute Gasteiger partial charge is 0.328 e. The van der Waals surface area contributed by atoms with Gasteiger partial charge >= 0.3 is 5.97 Å². The lowest BCUT2D eigenvalue weighted by atomic mass is 10.2. The Morgan fingerprint density at radius 3 is 2.86 bits per heavy atom. The van der Waals surface area contributed by atoms with E-state index in [0.717, 1.165) is 12.1 Å². The maximum atomic E-state index is 13.7. The first-order valence-corrected chi connectivity index (χ1v) is 6.00. The molecule has 0 saturated heterocycles. The fourth-order valence-corrected chi connectivity index (χ4v) is 1.36. The Bertz CT molecular complexity index is 593. The molecule has 0 aliphatic carbocycles. The van der Waals surface area contributed by atoms with Crippen LogP contribution in [0.4, 0.5) is 4.39 Å². The van der Waals surface area contributed by atoms with E-state index in [2.05, 4.69) is 5.32 Å². The number of nitriles is 1. The first-order chi connectivity index (χ1) is 10.0. The molecule has 1 rings (SSSR count). The number of amides is 1. The van der Waals surface area contributed by atoms with Crippen molar-refractivity contribution in [2.75, 3.05) is 13.2 Å². The Balaban J connectivity index is 2.55. The molecule has 1 amide bonds. The Hall–Kier alpha value is -2.88. The van der Waals surface area contributed by atoms with Crippen LogP contribution >= 0.6 is 0 Å². The van der Waals surface area contributed by atoms with Gasteiger partial charge in [-0.05, 0) is 23.8 Å². The van der Waals surface area contributed by atoms with Gasteiger partial charge in [-0.1, -0.05) is 6.07 Å². The second-order valence-electron chi connectivity index (χ2n) is 3.91. The third-order valence-corrected chi connectivity index (χ3v) is 2.29.